The first-order valence-electron chi connectivity index (χ1n) is 9.54. The average Bonchev–Trinajstić information content (AvgIpc) is 2.64. The molecule has 2 aromatic rings. The minimum absolute atomic E-state index is 0.0655. The number of hydrogen-bond acceptors (Lipinski definition) is 0. The Bertz CT molecular complexity index is 784. The second kappa shape index (κ2) is 8.41. The van der Waals surface area contributed by atoms with E-state index in [1.54, 1.807) is 0 Å². The monoisotopic (exact) mass is 382 g/mol. The van der Waals surface area contributed by atoms with Gasteiger partial charge in [-0.2, -0.15) is 0 Å². The molecule has 1 aliphatic carbocycles. The number of hydrogen-bond donors (Lipinski definition) is 0. The Morgan fingerprint density at radius 1 is 0.741 bits per heavy atom. The summed E-state index contributed by atoms with van der Waals surface area (Å²) < 4.78 is 69.6. The van der Waals surface area contributed by atoms with Crippen molar-refractivity contribution in [3.8, 4) is 11.1 Å². The predicted octanol–water partition coefficient (Wildman–Crippen LogP) is 7.51. The maximum absolute atomic E-state index is 14.6. The van der Waals surface area contributed by atoms with Crippen LogP contribution >= 0.6 is 0 Å². The molecule has 0 N–H and O–H groups in total. The Labute approximate surface area is 156 Å². The first kappa shape index (κ1) is 19.8. The van der Waals surface area contributed by atoms with Crippen LogP contribution in [0.2, 0.25) is 0 Å². The van der Waals surface area contributed by atoms with Crippen LogP contribution in [0.25, 0.3) is 11.1 Å². The van der Waals surface area contributed by atoms with Crippen molar-refractivity contribution >= 4 is 0 Å². The molecule has 0 bridgehead atoms. The summed E-state index contributed by atoms with van der Waals surface area (Å²) in [5.41, 5.74) is -0.726. The molecule has 2 aromatic carbocycles. The highest BCUT2D eigenvalue weighted by Crippen LogP contribution is 2.40. The Kier molecular flexibility index (Phi) is 6.18. The molecule has 0 amide bonds. The summed E-state index contributed by atoms with van der Waals surface area (Å²) in [6.45, 7) is 2.16. The zero-order chi connectivity index (χ0) is 19.6. The Morgan fingerprint density at radius 3 is 1.93 bits per heavy atom. The van der Waals surface area contributed by atoms with E-state index < -0.39 is 40.2 Å². The van der Waals surface area contributed by atoms with E-state index in [4.69, 9.17) is 0 Å². The lowest BCUT2D eigenvalue weighted by molar-refractivity contribution is 0.303. The van der Waals surface area contributed by atoms with Crippen molar-refractivity contribution in [3.05, 3.63) is 58.9 Å². The molecule has 0 heterocycles. The zero-order valence-electron chi connectivity index (χ0n) is 15.3. The molecule has 1 fully saturated rings. The highest BCUT2D eigenvalue weighted by atomic mass is 19.2. The number of benzene rings is 2. The van der Waals surface area contributed by atoms with Crippen molar-refractivity contribution in [1.29, 1.82) is 0 Å². The standard InChI is InChI=1S/C22H23F5/c1-2-3-4-13-5-7-14(8-6-13)15-9-20(26)22(21(27)10-15)16-11-18(24)19(25)12-17(16)23/h9-14H,2-8H2,1H3. The topological polar surface area (TPSA) is 0 Å². The van der Waals surface area contributed by atoms with E-state index in [-0.39, 0.29) is 5.92 Å². The fraction of sp³-hybridized carbons (Fsp3) is 0.455. The van der Waals surface area contributed by atoms with E-state index in [1.807, 2.05) is 0 Å². The fourth-order valence-corrected chi connectivity index (χ4v) is 4.08. The first-order valence-corrected chi connectivity index (χ1v) is 9.54. The van der Waals surface area contributed by atoms with Gasteiger partial charge in [-0.15, -0.1) is 0 Å². The van der Waals surface area contributed by atoms with E-state index in [0.29, 0.717) is 23.6 Å². The molecule has 1 saturated carbocycles. The average molecular weight is 382 g/mol. The minimum atomic E-state index is -1.39. The van der Waals surface area contributed by atoms with Gasteiger partial charge in [0.2, 0.25) is 0 Å². The van der Waals surface area contributed by atoms with Gasteiger partial charge in [-0.1, -0.05) is 26.2 Å². The summed E-state index contributed by atoms with van der Waals surface area (Å²) in [4.78, 5) is 0. The highest BCUT2D eigenvalue weighted by molar-refractivity contribution is 5.66. The molecule has 5 heteroatoms. The molecule has 0 saturated heterocycles. The molecule has 0 aromatic heterocycles. The van der Waals surface area contributed by atoms with Gasteiger partial charge in [0.15, 0.2) is 11.6 Å². The van der Waals surface area contributed by atoms with Crippen molar-refractivity contribution in [3.63, 3.8) is 0 Å². The number of rotatable bonds is 5. The first-order chi connectivity index (χ1) is 12.9. The number of unbranched alkanes of at least 4 members (excludes halogenated alkanes) is 1. The molecule has 0 aliphatic heterocycles. The lowest BCUT2D eigenvalue weighted by Crippen LogP contribution is -2.14. The Morgan fingerprint density at radius 2 is 1.33 bits per heavy atom. The summed E-state index contributed by atoms with van der Waals surface area (Å²) in [6.07, 6.45) is 7.37. The molecule has 27 heavy (non-hydrogen) atoms. The van der Waals surface area contributed by atoms with Crippen LogP contribution in [-0.2, 0) is 0 Å². The van der Waals surface area contributed by atoms with Gasteiger partial charge in [-0.3, -0.25) is 0 Å². The van der Waals surface area contributed by atoms with Gasteiger partial charge in [0.25, 0.3) is 0 Å². The third-order valence-corrected chi connectivity index (χ3v) is 5.63. The maximum atomic E-state index is 14.6. The van der Waals surface area contributed by atoms with Crippen LogP contribution in [0.4, 0.5) is 22.0 Å². The van der Waals surface area contributed by atoms with Crippen LogP contribution < -0.4 is 0 Å². The second-order valence-electron chi connectivity index (χ2n) is 7.47. The van der Waals surface area contributed by atoms with Gasteiger partial charge in [-0.25, -0.2) is 22.0 Å². The van der Waals surface area contributed by atoms with Crippen molar-refractivity contribution in [1.82, 2.24) is 0 Å². The number of halogens is 5. The summed E-state index contributed by atoms with van der Waals surface area (Å²) in [5.74, 6) is -5.11. The van der Waals surface area contributed by atoms with Gasteiger partial charge in [0, 0.05) is 11.6 Å². The molecular formula is C22H23F5. The van der Waals surface area contributed by atoms with E-state index >= 15 is 0 Å². The van der Waals surface area contributed by atoms with Crippen LogP contribution in [0.15, 0.2) is 24.3 Å². The molecule has 1 aliphatic rings. The fourth-order valence-electron chi connectivity index (χ4n) is 4.08. The third kappa shape index (κ3) is 4.33. The molecule has 0 atom stereocenters. The summed E-state index contributed by atoms with van der Waals surface area (Å²) in [6, 6.07) is 3.20. The molecule has 0 nitrogen and oxygen atoms in total. The van der Waals surface area contributed by atoms with Crippen LogP contribution in [0.3, 0.4) is 0 Å². The summed E-state index contributed by atoms with van der Waals surface area (Å²) in [7, 11) is 0. The maximum Gasteiger partial charge on any atom is 0.161 e. The van der Waals surface area contributed by atoms with E-state index in [2.05, 4.69) is 6.92 Å². The normalized spacial score (nSPS) is 20.1. The van der Waals surface area contributed by atoms with E-state index in [0.717, 1.165) is 25.7 Å². The van der Waals surface area contributed by atoms with Gasteiger partial charge in [0.1, 0.15) is 17.5 Å². The van der Waals surface area contributed by atoms with Gasteiger partial charge < -0.3 is 0 Å². The lowest BCUT2D eigenvalue weighted by Gasteiger charge is -2.29. The van der Waals surface area contributed by atoms with Crippen molar-refractivity contribution in [2.45, 2.75) is 57.8 Å². The molecule has 0 unspecified atom stereocenters. The molecular weight excluding hydrogens is 359 g/mol. The van der Waals surface area contributed by atoms with Gasteiger partial charge >= 0.3 is 0 Å². The van der Waals surface area contributed by atoms with Crippen molar-refractivity contribution in [2.24, 2.45) is 5.92 Å². The Hall–Kier alpha value is -1.91. The van der Waals surface area contributed by atoms with Crippen LogP contribution in [0.5, 0.6) is 0 Å². The van der Waals surface area contributed by atoms with E-state index in [1.165, 1.54) is 31.4 Å². The predicted molar refractivity (Wildman–Crippen MR) is 95.9 cm³/mol. The second-order valence-corrected chi connectivity index (χ2v) is 7.47. The van der Waals surface area contributed by atoms with E-state index in [9.17, 15) is 22.0 Å². The Balaban J connectivity index is 1.83. The van der Waals surface area contributed by atoms with Crippen LogP contribution in [0.1, 0.15) is 63.4 Å². The summed E-state index contributed by atoms with van der Waals surface area (Å²) >= 11 is 0. The highest BCUT2D eigenvalue weighted by Gasteiger charge is 2.25. The van der Waals surface area contributed by atoms with Crippen LogP contribution in [-0.4, -0.2) is 0 Å². The largest absolute Gasteiger partial charge is 0.206 e. The molecule has 0 spiro atoms. The van der Waals surface area contributed by atoms with Gasteiger partial charge in [0.05, 0.1) is 5.56 Å². The lowest BCUT2D eigenvalue weighted by atomic mass is 9.77. The SMILES string of the molecule is CCCCC1CCC(c2cc(F)c(-c3cc(F)c(F)cc3F)c(F)c2)CC1. The minimum Gasteiger partial charge on any atom is -0.206 e. The summed E-state index contributed by atoms with van der Waals surface area (Å²) in [5, 5.41) is 0. The third-order valence-electron chi connectivity index (χ3n) is 5.63. The smallest absolute Gasteiger partial charge is 0.161 e. The quantitative estimate of drug-likeness (QED) is 0.371. The van der Waals surface area contributed by atoms with Crippen molar-refractivity contribution < 1.29 is 22.0 Å². The van der Waals surface area contributed by atoms with Crippen LogP contribution in [0, 0.1) is 35.0 Å². The molecule has 146 valence electrons. The molecule has 0 radical (unpaired) electrons. The zero-order valence-corrected chi connectivity index (χ0v) is 15.3. The molecule has 3 rings (SSSR count). The van der Waals surface area contributed by atoms with Crippen molar-refractivity contribution in [2.75, 3.05) is 0 Å². The van der Waals surface area contributed by atoms with Gasteiger partial charge in [-0.05, 0) is 61.3 Å².